The molecule has 1 aliphatic rings. The average Bonchev–Trinajstić information content (AvgIpc) is 3.00. The number of hydrogen-bond acceptors (Lipinski definition) is 4. The van der Waals surface area contributed by atoms with Gasteiger partial charge >= 0.3 is 0 Å². The molecule has 1 amide bonds. The number of nitrogens with one attached hydrogen (secondary N) is 2. The first-order valence-corrected chi connectivity index (χ1v) is 8.51. The Balaban J connectivity index is 2.10. The normalized spacial score (nSPS) is 20.3. The van der Waals surface area contributed by atoms with Crippen LogP contribution in [0.5, 0.6) is 11.5 Å². The molecule has 0 aliphatic carbocycles. The molecule has 0 bridgehead atoms. The van der Waals surface area contributed by atoms with Crippen molar-refractivity contribution < 1.29 is 14.3 Å². The van der Waals surface area contributed by atoms with Gasteiger partial charge in [0.25, 0.3) is 0 Å². The lowest BCUT2D eigenvalue weighted by Crippen LogP contribution is -2.35. The molecule has 1 unspecified atom stereocenters. The van der Waals surface area contributed by atoms with Gasteiger partial charge in [0.15, 0.2) is 11.5 Å². The Morgan fingerprint density at radius 1 is 1.22 bits per heavy atom. The van der Waals surface area contributed by atoms with Gasteiger partial charge in [-0.2, -0.15) is 0 Å². The van der Waals surface area contributed by atoms with Gasteiger partial charge in [-0.3, -0.25) is 4.79 Å². The summed E-state index contributed by atoms with van der Waals surface area (Å²) in [6.45, 7) is 9.01. The first-order chi connectivity index (χ1) is 11.1. The van der Waals surface area contributed by atoms with Crippen LogP contribution in [0.2, 0.25) is 0 Å². The van der Waals surface area contributed by atoms with Crippen LogP contribution < -0.4 is 20.1 Å². The lowest BCUT2D eigenvalue weighted by atomic mass is 9.89. The predicted octanol–water partition coefficient (Wildman–Crippen LogP) is 3.20. The highest BCUT2D eigenvalue weighted by molar-refractivity contribution is 5.95. The van der Waals surface area contributed by atoms with Crippen molar-refractivity contribution in [2.45, 2.75) is 40.0 Å². The number of carbonyl (C=O) groups excluding carboxylic acids is 1. The molecule has 2 rings (SSSR count). The van der Waals surface area contributed by atoms with Crippen molar-refractivity contribution in [2.75, 3.05) is 31.6 Å². The lowest BCUT2D eigenvalue weighted by Gasteiger charge is -2.22. The Hall–Kier alpha value is -1.75. The summed E-state index contributed by atoms with van der Waals surface area (Å²) in [5, 5.41) is 6.26. The van der Waals surface area contributed by atoms with Gasteiger partial charge in [0.05, 0.1) is 18.6 Å². The second kappa shape index (κ2) is 8.20. The van der Waals surface area contributed by atoms with Crippen LogP contribution in [0.25, 0.3) is 0 Å². The van der Waals surface area contributed by atoms with E-state index in [-0.39, 0.29) is 11.3 Å². The number of benzene rings is 1. The van der Waals surface area contributed by atoms with Crippen LogP contribution in [-0.2, 0) is 4.79 Å². The second-order valence-electron chi connectivity index (χ2n) is 6.30. The summed E-state index contributed by atoms with van der Waals surface area (Å²) in [5.74, 6) is 1.46. The number of ether oxygens (including phenoxy) is 2. The predicted molar refractivity (Wildman–Crippen MR) is 92.2 cm³/mol. The zero-order valence-corrected chi connectivity index (χ0v) is 14.4. The van der Waals surface area contributed by atoms with Crippen LogP contribution in [0, 0.1) is 5.41 Å². The van der Waals surface area contributed by atoms with Gasteiger partial charge in [-0.25, -0.2) is 0 Å². The van der Waals surface area contributed by atoms with Crippen LogP contribution >= 0.6 is 0 Å². The third-order valence-corrected chi connectivity index (χ3v) is 4.04. The molecule has 1 aromatic rings. The minimum Gasteiger partial charge on any atom is -0.490 e. The maximum atomic E-state index is 12.5. The van der Waals surface area contributed by atoms with Gasteiger partial charge in [0.1, 0.15) is 0 Å². The number of carbonyl (C=O) groups is 1. The number of rotatable bonds is 8. The van der Waals surface area contributed by atoms with Gasteiger partial charge < -0.3 is 20.1 Å². The SMILES string of the molecule is CCCOc1ccc(NC(=O)C2(C)CCNC2)cc1OCCC. The Kier molecular flexibility index (Phi) is 6.28. The lowest BCUT2D eigenvalue weighted by molar-refractivity contribution is -0.123. The highest BCUT2D eigenvalue weighted by Gasteiger charge is 2.36. The monoisotopic (exact) mass is 320 g/mol. The Labute approximate surface area is 138 Å². The molecular formula is C18H28N2O3. The smallest absolute Gasteiger partial charge is 0.231 e. The summed E-state index contributed by atoms with van der Waals surface area (Å²) in [6.07, 6.45) is 2.72. The molecule has 0 saturated carbocycles. The Morgan fingerprint density at radius 3 is 2.52 bits per heavy atom. The fourth-order valence-electron chi connectivity index (χ4n) is 2.53. The van der Waals surface area contributed by atoms with E-state index in [2.05, 4.69) is 24.5 Å². The van der Waals surface area contributed by atoms with Gasteiger partial charge in [0, 0.05) is 18.3 Å². The highest BCUT2D eigenvalue weighted by Crippen LogP contribution is 2.32. The summed E-state index contributed by atoms with van der Waals surface area (Å²) in [4.78, 5) is 12.5. The van der Waals surface area contributed by atoms with Gasteiger partial charge in [-0.1, -0.05) is 13.8 Å². The summed E-state index contributed by atoms with van der Waals surface area (Å²) < 4.78 is 11.5. The van der Waals surface area contributed by atoms with E-state index in [1.165, 1.54) is 0 Å². The molecule has 5 nitrogen and oxygen atoms in total. The topological polar surface area (TPSA) is 59.6 Å². The van der Waals surface area contributed by atoms with E-state index in [1.54, 1.807) is 0 Å². The molecule has 128 valence electrons. The van der Waals surface area contributed by atoms with Crippen LogP contribution in [0.1, 0.15) is 40.0 Å². The fourth-order valence-corrected chi connectivity index (χ4v) is 2.53. The fraction of sp³-hybridized carbons (Fsp3) is 0.611. The minimum atomic E-state index is -0.345. The highest BCUT2D eigenvalue weighted by atomic mass is 16.5. The molecule has 1 atom stereocenters. The maximum Gasteiger partial charge on any atom is 0.231 e. The summed E-state index contributed by atoms with van der Waals surface area (Å²) in [6, 6.07) is 5.59. The van der Waals surface area contributed by atoms with E-state index in [9.17, 15) is 4.79 Å². The Morgan fingerprint density at radius 2 is 1.91 bits per heavy atom. The van der Waals surface area contributed by atoms with E-state index in [4.69, 9.17) is 9.47 Å². The van der Waals surface area contributed by atoms with E-state index in [0.717, 1.165) is 43.8 Å². The van der Waals surface area contributed by atoms with Gasteiger partial charge in [-0.15, -0.1) is 0 Å². The Bertz CT molecular complexity index is 525. The van der Waals surface area contributed by atoms with E-state index < -0.39 is 0 Å². The van der Waals surface area contributed by atoms with Gasteiger partial charge in [0.2, 0.25) is 5.91 Å². The molecule has 1 aromatic carbocycles. The molecule has 1 saturated heterocycles. The van der Waals surface area contributed by atoms with Gasteiger partial charge in [-0.05, 0) is 44.9 Å². The van der Waals surface area contributed by atoms with Crippen molar-refractivity contribution in [2.24, 2.45) is 5.41 Å². The molecule has 23 heavy (non-hydrogen) atoms. The maximum absolute atomic E-state index is 12.5. The third-order valence-electron chi connectivity index (χ3n) is 4.04. The molecule has 5 heteroatoms. The van der Waals surface area contributed by atoms with Crippen molar-refractivity contribution >= 4 is 11.6 Å². The van der Waals surface area contributed by atoms with Crippen molar-refractivity contribution in [3.05, 3.63) is 18.2 Å². The second-order valence-corrected chi connectivity index (χ2v) is 6.30. The zero-order valence-electron chi connectivity index (χ0n) is 14.4. The molecule has 0 radical (unpaired) electrons. The van der Waals surface area contributed by atoms with Crippen molar-refractivity contribution in [1.29, 1.82) is 0 Å². The summed E-state index contributed by atoms with van der Waals surface area (Å²) >= 11 is 0. The third kappa shape index (κ3) is 4.61. The molecular weight excluding hydrogens is 292 g/mol. The molecule has 1 heterocycles. The molecule has 2 N–H and O–H groups in total. The quantitative estimate of drug-likeness (QED) is 0.772. The largest absolute Gasteiger partial charge is 0.490 e. The number of amides is 1. The zero-order chi connectivity index (χ0) is 16.7. The molecule has 1 aliphatic heterocycles. The van der Waals surface area contributed by atoms with Crippen molar-refractivity contribution in [3.8, 4) is 11.5 Å². The number of hydrogen-bond donors (Lipinski definition) is 2. The van der Waals surface area contributed by atoms with Crippen molar-refractivity contribution in [3.63, 3.8) is 0 Å². The minimum absolute atomic E-state index is 0.0474. The average molecular weight is 320 g/mol. The van der Waals surface area contributed by atoms with Crippen molar-refractivity contribution in [1.82, 2.24) is 5.32 Å². The molecule has 1 fully saturated rings. The standard InChI is InChI=1S/C18H28N2O3/c1-4-10-22-15-7-6-14(12-16(15)23-11-5-2)20-17(21)18(3)8-9-19-13-18/h6-7,12,19H,4-5,8-11,13H2,1-3H3,(H,20,21). The van der Waals surface area contributed by atoms with Crippen LogP contribution in [0.4, 0.5) is 5.69 Å². The first-order valence-electron chi connectivity index (χ1n) is 8.51. The van der Waals surface area contributed by atoms with Crippen LogP contribution in [0.15, 0.2) is 18.2 Å². The van der Waals surface area contributed by atoms with E-state index in [1.807, 2.05) is 25.1 Å². The summed E-state index contributed by atoms with van der Waals surface area (Å²) in [5.41, 5.74) is 0.403. The summed E-state index contributed by atoms with van der Waals surface area (Å²) in [7, 11) is 0. The van der Waals surface area contributed by atoms with Crippen LogP contribution in [-0.4, -0.2) is 32.2 Å². The number of anilines is 1. The van der Waals surface area contributed by atoms with Crippen LogP contribution in [0.3, 0.4) is 0 Å². The first kappa shape index (κ1) is 17.6. The van der Waals surface area contributed by atoms with E-state index >= 15 is 0 Å². The molecule has 0 spiro atoms. The molecule has 0 aromatic heterocycles. The van der Waals surface area contributed by atoms with E-state index in [0.29, 0.717) is 19.0 Å².